The number of hydrogen-bond donors (Lipinski definition) is 2. The van der Waals surface area contributed by atoms with Crippen LogP contribution in [0.15, 0.2) is 41.0 Å². The number of hydrogen-bond acceptors (Lipinski definition) is 3. The average Bonchev–Trinajstić information content (AvgIpc) is 3.23. The third-order valence-corrected chi connectivity index (χ3v) is 5.18. The van der Waals surface area contributed by atoms with Crippen molar-refractivity contribution in [3.63, 3.8) is 0 Å². The van der Waals surface area contributed by atoms with Crippen LogP contribution in [0, 0.1) is 6.92 Å². The maximum Gasteiger partial charge on any atom is 0.179 e. The predicted molar refractivity (Wildman–Crippen MR) is 99.2 cm³/mol. The summed E-state index contributed by atoms with van der Waals surface area (Å²) in [4.78, 5) is 12.6. The Hall–Kier alpha value is -2.37. The molecule has 5 nitrogen and oxygen atoms in total. The number of aromatic nitrogens is 1. The molecule has 136 valence electrons. The number of rotatable bonds is 6. The molecule has 0 radical (unpaired) electrons. The highest BCUT2D eigenvalue weighted by Gasteiger charge is 2.27. The van der Waals surface area contributed by atoms with Crippen LogP contribution in [0.1, 0.15) is 40.2 Å². The second-order valence-electron chi connectivity index (χ2n) is 7.20. The smallest absolute Gasteiger partial charge is 0.179 e. The van der Waals surface area contributed by atoms with Crippen LogP contribution in [0.5, 0.6) is 0 Å². The van der Waals surface area contributed by atoms with E-state index in [1.54, 1.807) is 6.26 Å². The summed E-state index contributed by atoms with van der Waals surface area (Å²) in [5.74, 6) is 1.10. The number of quaternary nitrogens is 1. The van der Waals surface area contributed by atoms with Crippen molar-refractivity contribution in [2.75, 3.05) is 6.54 Å². The zero-order valence-electron chi connectivity index (χ0n) is 15.1. The summed E-state index contributed by atoms with van der Waals surface area (Å²) in [6.07, 6.45) is 3.59. The molecule has 0 aliphatic heterocycles. The van der Waals surface area contributed by atoms with E-state index in [9.17, 15) is 9.90 Å². The molecule has 3 N–H and O–H groups in total. The van der Waals surface area contributed by atoms with E-state index in [-0.39, 0.29) is 5.78 Å². The quantitative estimate of drug-likeness (QED) is 0.713. The lowest BCUT2D eigenvalue weighted by Crippen LogP contribution is -2.85. The molecule has 4 rings (SSSR count). The van der Waals surface area contributed by atoms with Crippen LogP contribution in [0.2, 0.25) is 0 Å². The first-order valence-electron chi connectivity index (χ1n) is 9.30. The largest absolute Gasteiger partial charge is 0.463 e. The van der Waals surface area contributed by atoms with E-state index < -0.39 is 6.10 Å². The van der Waals surface area contributed by atoms with Gasteiger partial charge in [-0.15, -0.1) is 0 Å². The Labute approximate surface area is 152 Å². The Kier molecular flexibility index (Phi) is 4.66. The molecule has 1 aromatic carbocycles. The number of nitrogens with zero attached hydrogens (tertiary/aromatic N) is 1. The SMILES string of the molecule is Cc1ccc2c(c1)c1c(n2CC(O)C[NH2+]Cc2ccco2)C(=O)CCC1. The number of nitrogens with two attached hydrogens (primary N) is 1. The van der Waals surface area contributed by atoms with Crippen molar-refractivity contribution in [2.24, 2.45) is 0 Å². The van der Waals surface area contributed by atoms with Crippen molar-refractivity contribution >= 4 is 16.7 Å². The lowest BCUT2D eigenvalue weighted by molar-refractivity contribution is -0.678. The molecule has 3 aromatic rings. The number of benzene rings is 1. The number of carbonyl (C=O) groups excluding carboxylic acids is 1. The summed E-state index contributed by atoms with van der Waals surface area (Å²) in [5.41, 5.74) is 4.22. The Bertz CT molecular complexity index is 925. The minimum absolute atomic E-state index is 0.201. The molecule has 0 amide bonds. The molecule has 0 spiro atoms. The van der Waals surface area contributed by atoms with Crippen LogP contribution in [0.3, 0.4) is 0 Å². The Morgan fingerprint density at radius 3 is 3.00 bits per heavy atom. The van der Waals surface area contributed by atoms with Crippen molar-refractivity contribution < 1.29 is 19.6 Å². The van der Waals surface area contributed by atoms with Gasteiger partial charge in [-0.05, 0) is 49.6 Å². The van der Waals surface area contributed by atoms with Crippen LogP contribution in [-0.4, -0.2) is 28.1 Å². The number of furan rings is 1. The fraction of sp³-hybridized carbons (Fsp3) is 0.381. The van der Waals surface area contributed by atoms with Gasteiger partial charge in [0, 0.05) is 17.3 Å². The molecule has 0 saturated heterocycles. The molecule has 26 heavy (non-hydrogen) atoms. The van der Waals surface area contributed by atoms with Gasteiger partial charge in [0.1, 0.15) is 19.2 Å². The first kappa shape index (κ1) is 17.1. The van der Waals surface area contributed by atoms with E-state index in [1.807, 2.05) is 22.0 Å². The van der Waals surface area contributed by atoms with E-state index in [0.717, 1.165) is 35.4 Å². The van der Waals surface area contributed by atoms with Crippen LogP contribution in [0.25, 0.3) is 10.9 Å². The molecule has 1 aliphatic carbocycles. The first-order valence-corrected chi connectivity index (χ1v) is 9.30. The fourth-order valence-corrected chi connectivity index (χ4v) is 3.98. The van der Waals surface area contributed by atoms with Gasteiger partial charge in [-0.3, -0.25) is 4.79 Å². The number of Topliss-reactive ketones (excluding diaryl/α,β-unsaturated/α-hetero) is 1. The molecule has 2 heterocycles. The minimum atomic E-state index is -0.527. The molecule has 5 heteroatoms. The zero-order chi connectivity index (χ0) is 18.1. The number of carbonyl (C=O) groups is 1. The molecule has 1 atom stereocenters. The maximum absolute atomic E-state index is 12.6. The molecule has 1 aliphatic rings. The molecular weight excluding hydrogens is 328 g/mol. The molecule has 1 unspecified atom stereocenters. The van der Waals surface area contributed by atoms with Gasteiger partial charge in [0.05, 0.1) is 18.5 Å². The third kappa shape index (κ3) is 3.20. The first-order chi connectivity index (χ1) is 12.6. The highest BCUT2D eigenvalue weighted by atomic mass is 16.3. The molecule has 2 aromatic heterocycles. The van der Waals surface area contributed by atoms with E-state index in [4.69, 9.17) is 4.42 Å². The van der Waals surface area contributed by atoms with Crippen LogP contribution < -0.4 is 5.32 Å². The van der Waals surface area contributed by atoms with E-state index >= 15 is 0 Å². The standard InChI is InChI=1S/C21H24N2O3/c1-14-7-8-19-18(10-14)17-5-2-6-20(25)21(17)23(19)13-15(24)11-22-12-16-4-3-9-26-16/h3-4,7-10,15,22,24H,2,5-6,11-13H2,1H3/p+1. The van der Waals surface area contributed by atoms with Gasteiger partial charge < -0.3 is 19.4 Å². The van der Waals surface area contributed by atoms with Gasteiger partial charge in [0.15, 0.2) is 11.5 Å². The summed E-state index contributed by atoms with van der Waals surface area (Å²) in [6.45, 7) is 3.78. The van der Waals surface area contributed by atoms with Gasteiger partial charge in [0.25, 0.3) is 0 Å². The molecule has 0 bridgehead atoms. The fourth-order valence-electron chi connectivity index (χ4n) is 3.98. The van der Waals surface area contributed by atoms with Gasteiger partial charge in [-0.25, -0.2) is 0 Å². The predicted octanol–water partition coefficient (Wildman–Crippen LogP) is 2.19. The summed E-state index contributed by atoms with van der Waals surface area (Å²) >= 11 is 0. The topological polar surface area (TPSA) is 72.0 Å². The molecular formula is C21H25N2O3+. The van der Waals surface area contributed by atoms with Gasteiger partial charge in [-0.1, -0.05) is 11.6 Å². The Morgan fingerprint density at radius 1 is 1.31 bits per heavy atom. The highest BCUT2D eigenvalue weighted by Crippen LogP contribution is 2.33. The minimum Gasteiger partial charge on any atom is -0.463 e. The summed E-state index contributed by atoms with van der Waals surface area (Å²) in [6, 6.07) is 10.1. The van der Waals surface area contributed by atoms with Crippen molar-refractivity contribution in [1.82, 2.24) is 4.57 Å². The summed E-state index contributed by atoms with van der Waals surface area (Å²) < 4.78 is 7.35. The third-order valence-electron chi connectivity index (χ3n) is 5.18. The van der Waals surface area contributed by atoms with Crippen molar-refractivity contribution in [3.8, 4) is 0 Å². The summed E-state index contributed by atoms with van der Waals surface area (Å²) in [7, 11) is 0. The van der Waals surface area contributed by atoms with Crippen molar-refractivity contribution in [3.05, 3.63) is 59.2 Å². The average molecular weight is 353 g/mol. The van der Waals surface area contributed by atoms with Gasteiger partial charge in [-0.2, -0.15) is 0 Å². The Balaban J connectivity index is 1.57. The normalized spacial score (nSPS) is 15.4. The number of ketones is 1. The van der Waals surface area contributed by atoms with Crippen LogP contribution >= 0.6 is 0 Å². The number of aliphatic hydroxyl groups is 1. The van der Waals surface area contributed by atoms with Crippen LogP contribution in [-0.2, 0) is 19.5 Å². The zero-order valence-corrected chi connectivity index (χ0v) is 15.1. The van der Waals surface area contributed by atoms with Crippen LogP contribution in [0.4, 0.5) is 0 Å². The molecule has 0 saturated carbocycles. The van der Waals surface area contributed by atoms with Gasteiger partial charge >= 0.3 is 0 Å². The van der Waals surface area contributed by atoms with E-state index in [0.29, 0.717) is 26.1 Å². The van der Waals surface area contributed by atoms with Crippen molar-refractivity contribution in [1.29, 1.82) is 0 Å². The van der Waals surface area contributed by atoms with E-state index in [2.05, 4.69) is 25.1 Å². The second kappa shape index (κ2) is 7.09. The Morgan fingerprint density at radius 2 is 2.19 bits per heavy atom. The lowest BCUT2D eigenvalue weighted by atomic mass is 9.94. The lowest BCUT2D eigenvalue weighted by Gasteiger charge is -2.17. The number of fused-ring (bicyclic) bond motifs is 3. The number of aliphatic hydroxyl groups excluding tert-OH is 1. The second-order valence-corrected chi connectivity index (χ2v) is 7.20. The molecule has 0 fully saturated rings. The van der Waals surface area contributed by atoms with Crippen molar-refractivity contribution in [2.45, 2.75) is 45.4 Å². The monoisotopic (exact) mass is 353 g/mol. The number of aryl methyl sites for hydroxylation is 2. The summed E-state index contributed by atoms with van der Waals surface area (Å²) in [5, 5.41) is 13.8. The van der Waals surface area contributed by atoms with E-state index in [1.165, 1.54) is 10.9 Å². The maximum atomic E-state index is 12.6. The highest BCUT2D eigenvalue weighted by molar-refractivity contribution is 6.04. The van der Waals surface area contributed by atoms with Gasteiger partial charge in [0.2, 0.25) is 0 Å².